The summed E-state index contributed by atoms with van der Waals surface area (Å²) in [6.07, 6.45) is 5.37. The van der Waals surface area contributed by atoms with E-state index in [1.807, 2.05) is 18.8 Å². The molecule has 0 unspecified atom stereocenters. The van der Waals surface area contributed by atoms with Crippen LogP contribution >= 0.6 is 0 Å². The summed E-state index contributed by atoms with van der Waals surface area (Å²) in [6.45, 7) is 9.39. The van der Waals surface area contributed by atoms with E-state index in [9.17, 15) is 0 Å². The molecule has 0 aliphatic carbocycles. The van der Waals surface area contributed by atoms with Crippen LogP contribution in [0, 0.1) is 0 Å². The number of hydrogen-bond acceptors (Lipinski definition) is 4. The molecule has 0 bridgehead atoms. The van der Waals surface area contributed by atoms with Crippen molar-refractivity contribution in [2.24, 2.45) is 12.0 Å². The van der Waals surface area contributed by atoms with Crippen molar-refractivity contribution >= 4 is 5.96 Å². The SMILES string of the molecule is CCc1nn(C)c(CC)c1CNC(=NC)NC1CCN(CCCOC)CC1. The van der Waals surface area contributed by atoms with Gasteiger partial charge in [0.2, 0.25) is 0 Å². The molecular formula is C20H38N6O. The zero-order valence-corrected chi connectivity index (χ0v) is 17.8. The van der Waals surface area contributed by atoms with E-state index < -0.39 is 0 Å². The van der Waals surface area contributed by atoms with Gasteiger partial charge in [-0.2, -0.15) is 5.10 Å². The van der Waals surface area contributed by atoms with E-state index in [1.54, 1.807) is 7.11 Å². The lowest BCUT2D eigenvalue weighted by Crippen LogP contribution is -2.48. The van der Waals surface area contributed by atoms with E-state index in [0.29, 0.717) is 6.04 Å². The van der Waals surface area contributed by atoms with Crippen molar-refractivity contribution in [3.05, 3.63) is 17.0 Å². The fourth-order valence-electron chi connectivity index (χ4n) is 3.89. The smallest absolute Gasteiger partial charge is 0.191 e. The molecule has 7 nitrogen and oxygen atoms in total. The molecule has 1 aliphatic rings. The monoisotopic (exact) mass is 378 g/mol. The molecule has 154 valence electrons. The number of likely N-dealkylation sites (tertiary alicyclic amines) is 1. The van der Waals surface area contributed by atoms with Crippen molar-refractivity contribution in [2.75, 3.05) is 40.4 Å². The standard InChI is InChI=1S/C20H38N6O/c1-6-18-17(19(7-2)25(4)24-18)15-22-20(21-3)23-16-9-12-26(13-10-16)11-8-14-27-5/h16H,6-15H2,1-5H3,(H2,21,22,23). The molecule has 2 heterocycles. The van der Waals surface area contributed by atoms with Crippen molar-refractivity contribution in [3.63, 3.8) is 0 Å². The average Bonchev–Trinajstić information content (AvgIpc) is 3.01. The Morgan fingerprint density at radius 1 is 1.26 bits per heavy atom. The molecule has 0 radical (unpaired) electrons. The van der Waals surface area contributed by atoms with Crippen LogP contribution in [0.25, 0.3) is 0 Å². The molecule has 1 saturated heterocycles. The predicted molar refractivity (Wildman–Crippen MR) is 111 cm³/mol. The van der Waals surface area contributed by atoms with Crippen molar-refractivity contribution in [3.8, 4) is 0 Å². The van der Waals surface area contributed by atoms with Gasteiger partial charge in [0.15, 0.2) is 5.96 Å². The Kier molecular flexibility index (Phi) is 9.07. The Morgan fingerprint density at radius 3 is 2.59 bits per heavy atom. The summed E-state index contributed by atoms with van der Waals surface area (Å²) in [6, 6.07) is 0.486. The molecule has 27 heavy (non-hydrogen) atoms. The molecule has 0 spiro atoms. The lowest BCUT2D eigenvalue weighted by molar-refractivity contribution is 0.155. The fraction of sp³-hybridized carbons (Fsp3) is 0.800. The van der Waals surface area contributed by atoms with E-state index in [4.69, 9.17) is 4.74 Å². The molecule has 0 atom stereocenters. The number of hydrogen-bond donors (Lipinski definition) is 2. The van der Waals surface area contributed by atoms with Gasteiger partial charge in [0, 0.05) is 71.3 Å². The maximum absolute atomic E-state index is 5.15. The van der Waals surface area contributed by atoms with E-state index in [0.717, 1.165) is 70.8 Å². The minimum atomic E-state index is 0.486. The Balaban J connectivity index is 1.82. The third-order valence-corrected chi connectivity index (χ3v) is 5.44. The number of nitrogens with zero attached hydrogens (tertiary/aromatic N) is 4. The van der Waals surface area contributed by atoms with Crippen LogP contribution < -0.4 is 10.6 Å². The Morgan fingerprint density at radius 2 is 2.00 bits per heavy atom. The van der Waals surface area contributed by atoms with Gasteiger partial charge in [0.1, 0.15) is 0 Å². The molecule has 2 rings (SSSR count). The lowest BCUT2D eigenvalue weighted by atomic mass is 10.1. The summed E-state index contributed by atoms with van der Waals surface area (Å²) < 4.78 is 7.17. The topological polar surface area (TPSA) is 66.7 Å². The van der Waals surface area contributed by atoms with Crippen LogP contribution in [0.3, 0.4) is 0 Å². The number of aromatic nitrogens is 2. The van der Waals surface area contributed by atoms with Gasteiger partial charge in [0.05, 0.1) is 5.69 Å². The third kappa shape index (κ3) is 6.21. The average molecular weight is 379 g/mol. The number of nitrogens with one attached hydrogen (secondary N) is 2. The van der Waals surface area contributed by atoms with Crippen LogP contribution in [-0.4, -0.2) is 67.1 Å². The van der Waals surface area contributed by atoms with Gasteiger partial charge in [-0.25, -0.2) is 0 Å². The van der Waals surface area contributed by atoms with Gasteiger partial charge in [0.25, 0.3) is 0 Å². The second-order valence-electron chi connectivity index (χ2n) is 7.24. The van der Waals surface area contributed by atoms with Crippen molar-refractivity contribution < 1.29 is 4.74 Å². The minimum absolute atomic E-state index is 0.486. The van der Waals surface area contributed by atoms with E-state index >= 15 is 0 Å². The Hall–Kier alpha value is -1.60. The van der Waals surface area contributed by atoms with Crippen LogP contribution in [0.15, 0.2) is 4.99 Å². The highest BCUT2D eigenvalue weighted by Gasteiger charge is 2.20. The minimum Gasteiger partial charge on any atom is -0.385 e. The molecule has 1 aromatic rings. The fourth-order valence-corrected chi connectivity index (χ4v) is 3.89. The van der Waals surface area contributed by atoms with Crippen LogP contribution in [0.5, 0.6) is 0 Å². The zero-order valence-electron chi connectivity index (χ0n) is 17.8. The summed E-state index contributed by atoms with van der Waals surface area (Å²) in [4.78, 5) is 6.96. The Bertz CT molecular complexity index is 590. The summed E-state index contributed by atoms with van der Waals surface area (Å²) in [7, 11) is 5.65. The highest BCUT2D eigenvalue weighted by Crippen LogP contribution is 2.15. The first-order valence-corrected chi connectivity index (χ1v) is 10.3. The quantitative estimate of drug-likeness (QED) is 0.389. The van der Waals surface area contributed by atoms with E-state index in [-0.39, 0.29) is 0 Å². The normalized spacial score (nSPS) is 16.7. The number of aryl methyl sites for hydroxylation is 2. The predicted octanol–water partition coefficient (Wildman–Crippen LogP) is 1.71. The second kappa shape index (κ2) is 11.3. The highest BCUT2D eigenvalue weighted by molar-refractivity contribution is 5.80. The largest absolute Gasteiger partial charge is 0.385 e. The van der Waals surface area contributed by atoms with Crippen LogP contribution in [0.4, 0.5) is 0 Å². The van der Waals surface area contributed by atoms with Crippen LogP contribution in [-0.2, 0) is 31.2 Å². The number of piperidine rings is 1. The van der Waals surface area contributed by atoms with Crippen LogP contribution in [0.2, 0.25) is 0 Å². The number of ether oxygens (including phenoxy) is 1. The first-order valence-electron chi connectivity index (χ1n) is 10.3. The summed E-state index contributed by atoms with van der Waals surface area (Å²) in [5.41, 5.74) is 3.80. The first kappa shape index (κ1) is 21.7. The van der Waals surface area contributed by atoms with Gasteiger partial charge in [-0.05, 0) is 32.1 Å². The molecule has 2 N–H and O–H groups in total. The van der Waals surface area contributed by atoms with Crippen molar-refractivity contribution in [2.45, 2.75) is 58.5 Å². The number of methoxy groups -OCH3 is 1. The van der Waals surface area contributed by atoms with Gasteiger partial charge in [-0.1, -0.05) is 13.8 Å². The maximum Gasteiger partial charge on any atom is 0.191 e. The number of guanidine groups is 1. The molecule has 0 saturated carbocycles. The highest BCUT2D eigenvalue weighted by atomic mass is 16.5. The summed E-state index contributed by atoms with van der Waals surface area (Å²) >= 11 is 0. The van der Waals surface area contributed by atoms with Gasteiger partial charge >= 0.3 is 0 Å². The lowest BCUT2D eigenvalue weighted by Gasteiger charge is -2.33. The van der Waals surface area contributed by atoms with Crippen molar-refractivity contribution in [1.82, 2.24) is 25.3 Å². The van der Waals surface area contributed by atoms with Crippen LogP contribution in [0.1, 0.15) is 50.1 Å². The second-order valence-corrected chi connectivity index (χ2v) is 7.24. The molecular weight excluding hydrogens is 340 g/mol. The molecule has 7 heteroatoms. The number of rotatable bonds is 9. The summed E-state index contributed by atoms with van der Waals surface area (Å²) in [5.74, 6) is 0.890. The zero-order chi connectivity index (χ0) is 19.6. The Labute approximate surface area is 164 Å². The molecule has 1 aliphatic heterocycles. The molecule has 1 fully saturated rings. The van der Waals surface area contributed by atoms with E-state index in [2.05, 4.69) is 39.5 Å². The third-order valence-electron chi connectivity index (χ3n) is 5.44. The first-order chi connectivity index (χ1) is 13.1. The summed E-state index contributed by atoms with van der Waals surface area (Å²) in [5, 5.41) is 11.8. The van der Waals surface area contributed by atoms with E-state index in [1.165, 1.54) is 17.0 Å². The number of aliphatic imine (C=N–C) groups is 1. The van der Waals surface area contributed by atoms with Gasteiger partial charge < -0.3 is 20.3 Å². The van der Waals surface area contributed by atoms with Gasteiger partial charge in [-0.15, -0.1) is 0 Å². The molecule has 1 aromatic heterocycles. The van der Waals surface area contributed by atoms with Crippen molar-refractivity contribution in [1.29, 1.82) is 0 Å². The van der Waals surface area contributed by atoms with Gasteiger partial charge in [-0.3, -0.25) is 9.67 Å². The molecule has 0 aromatic carbocycles. The molecule has 0 amide bonds. The maximum atomic E-state index is 5.15.